The first-order chi connectivity index (χ1) is 14.1. The molecule has 7 heteroatoms. The molecule has 5 atom stereocenters. The van der Waals surface area contributed by atoms with Crippen LogP contribution in [0.25, 0.3) is 0 Å². The fourth-order valence-corrected chi connectivity index (χ4v) is 4.65. The summed E-state index contributed by atoms with van der Waals surface area (Å²) >= 11 is 0. The minimum absolute atomic E-state index is 0.101. The normalized spacial score (nSPS) is 24.4. The summed E-state index contributed by atoms with van der Waals surface area (Å²) in [6.07, 6.45) is 4.06. The van der Waals surface area contributed by atoms with Crippen molar-refractivity contribution in [1.29, 1.82) is 0 Å². The summed E-state index contributed by atoms with van der Waals surface area (Å²) in [6, 6.07) is 0. The van der Waals surface area contributed by atoms with Crippen LogP contribution in [-0.4, -0.2) is 47.8 Å². The van der Waals surface area contributed by atoms with Crippen molar-refractivity contribution in [3.63, 3.8) is 0 Å². The lowest BCUT2D eigenvalue weighted by atomic mass is 9.74. The summed E-state index contributed by atoms with van der Waals surface area (Å²) in [5, 5.41) is 12.7. The van der Waals surface area contributed by atoms with Gasteiger partial charge in [0.05, 0.1) is 12.5 Å². The second-order valence-corrected chi connectivity index (χ2v) is 9.13. The first-order valence-corrected chi connectivity index (χ1v) is 11.4. The standard InChI is InChI=1S/C23H41NO6/c1-6-20(27)13-22(29-18(5)26)14-21(30-23(28)7-8-24-17(4)25)12-19-10-15(2)9-16(3)11-19/h15-16,19-22,27H,6-14H2,1-5H3,(H,24,25). The predicted molar refractivity (Wildman–Crippen MR) is 115 cm³/mol. The van der Waals surface area contributed by atoms with Crippen molar-refractivity contribution in [1.82, 2.24) is 5.32 Å². The Labute approximate surface area is 181 Å². The maximum atomic E-state index is 12.4. The Bertz CT molecular complexity index is 542. The lowest BCUT2D eigenvalue weighted by Crippen LogP contribution is -2.33. The molecule has 1 saturated carbocycles. The lowest BCUT2D eigenvalue weighted by Gasteiger charge is -2.34. The minimum Gasteiger partial charge on any atom is -0.462 e. The molecule has 0 aliphatic heterocycles. The second kappa shape index (κ2) is 13.6. The van der Waals surface area contributed by atoms with Crippen LogP contribution in [0, 0.1) is 17.8 Å². The summed E-state index contributed by atoms with van der Waals surface area (Å²) in [7, 11) is 0. The quantitative estimate of drug-likeness (QED) is 0.463. The van der Waals surface area contributed by atoms with Crippen LogP contribution < -0.4 is 5.32 Å². The molecule has 0 bridgehead atoms. The second-order valence-electron chi connectivity index (χ2n) is 9.13. The van der Waals surface area contributed by atoms with Crippen molar-refractivity contribution in [2.75, 3.05) is 6.54 Å². The van der Waals surface area contributed by atoms with Gasteiger partial charge in [0, 0.05) is 33.2 Å². The van der Waals surface area contributed by atoms with Crippen molar-refractivity contribution >= 4 is 17.8 Å². The molecule has 5 unspecified atom stereocenters. The van der Waals surface area contributed by atoms with E-state index in [1.807, 2.05) is 6.92 Å². The maximum absolute atomic E-state index is 12.4. The van der Waals surface area contributed by atoms with Gasteiger partial charge in [0.2, 0.25) is 5.91 Å². The smallest absolute Gasteiger partial charge is 0.307 e. The lowest BCUT2D eigenvalue weighted by molar-refractivity contribution is -0.156. The predicted octanol–water partition coefficient (Wildman–Crippen LogP) is 3.37. The van der Waals surface area contributed by atoms with Crippen LogP contribution in [-0.2, 0) is 23.9 Å². The molecule has 0 spiro atoms. The molecule has 1 aliphatic carbocycles. The van der Waals surface area contributed by atoms with Crippen LogP contribution in [0.4, 0.5) is 0 Å². The average molecular weight is 428 g/mol. The number of carbonyl (C=O) groups is 3. The molecule has 0 aromatic carbocycles. The van der Waals surface area contributed by atoms with Crippen LogP contribution in [0.15, 0.2) is 0 Å². The SMILES string of the molecule is CCC(O)CC(CC(CC1CC(C)CC(C)C1)OC(=O)CCNC(C)=O)OC(C)=O. The molecule has 0 radical (unpaired) electrons. The largest absolute Gasteiger partial charge is 0.462 e. The van der Waals surface area contributed by atoms with Gasteiger partial charge in [-0.15, -0.1) is 0 Å². The Hall–Kier alpha value is -1.63. The highest BCUT2D eigenvalue weighted by atomic mass is 16.6. The van der Waals surface area contributed by atoms with Gasteiger partial charge in [0.25, 0.3) is 0 Å². The van der Waals surface area contributed by atoms with Crippen molar-refractivity contribution < 1.29 is 29.0 Å². The summed E-state index contributed by atoms with van der Waals surface area (Å²) in [4.78, 5) is 34.9. The van der Waals surface area contributed by atoms with Gasteiger partial charge in [-0.2, -0.15) is 0 Å². The van der Waals surface area contributed by atoms with Crippen LogP contribution in [0.1, 0.15) is 86.0 Å². The van der Waals surface area contributed by atoms with Crippen LogP contribution >= 0.6 is 0 Å². The Morgan fingerprint density at radius 3 is 2.17 bits per heavy atom. The van der Waals surface area contributed by atoms with E-state index >= 15 is 0 Å². The number of aliphatic hydroxyl groups excluding tert-OH is 1. The van der Waals surface area contributed by atoms with Crippen molar-refractivity contribution in [3.05, 3.63) is 0 Å². The maximum Gasteiger partial charge on any atom is 0.307 e. The number of hydrogen-bond donors (Lipinski definition) is 2. The molecule has 0 aromatic heterocycles. The average Bonchev–Trinajstić information content (AvgIpc) is 2.59. The number of rotatable bonds is 12. The number of nitrogens with one attached hydrogen (secondary N) is 1. The Balaban J connectivity index is 2.80. The number of amides is 1. The monoisotopic (exact) mass is 427 g/mol. The molecule has 0 aromatic rings. The summed E-state index contributed by atoms with van der Waals surface area (Å²) in [5.74, 6) is 0.767. The van der Waals surface area contributed by atoms with Crippen molar-refractivity contribution in [2.24, 2.45) is 17.8 Å². The van der Waals surface area contributed by atoms with Gasteiger partial charge in [-0.25, -0.2) is 0 Å². The van der Waals surface area contributed by atoms with E-state index in [1.165, 1.54) is 20.3 Å². The van der Waals surface area contributed by atoms with Gasteiger partial charge in [0.15, 0.2) is 0 Å². The van der Waals surface area contributed by atoms with E-state index in [2.05, 4.69) is 19.2 Å². The molecule has 0 heterocycles. The first kappa shape index (κ1) is 26.4. The summed E-state index contributed by atoms with van der Waals surface area (Å²) in [5.41, 5.74) is 0. The highest BCUT2D eigenvalue weighted by Crippen LogP contribution is 2.36. The van der Waals surface area contributed by atoms with Gasteiger partial charge < -0.3 is 19.9 Å². The summed E-state index contributed by atoms with van der Waals surface area (Å²) < 4.78 is 11.2. The van der Waals surface area contributed by atoms with Gasteiger partial charge in [-0.3, -0.25) is 14.4 Å². The van der Waals surface area contributed by atoms with E-state index in [9.17, 15) is 19.5 Å². The molecule has 1 rings (SSSR count). The highest BCUT2D eigenvalue weighted by Gasteiger charge is 2.30. The number of ether oxygens (including phenoxy) is 2. The van der Waals surface area contributed by atoms with E-state index in [-0.39, 0.29) is 30.9 Å². The van der Waals surface area contributed by atoms with E-state index in [0.717, 1.165) is 19.3 Å². The van der Waals surface area contributed by atoms with Crippen molar-refractivity contribution in [2.45, 2.75) is 104 Å². The van der Waals surface area contributed by atoms with E-state index < -0.39 is 18.2 Å². The molecular formula is C23H41NO6. The zero-order chi connectivity index (χ0) is 22.7. The van der Waals surface area contributed by atoms with Gasteiger partial charge >= 0.3 is 11.9 Å². The molecule has 7 nitrogen and oxygen atoms in total. The van der Waals surface area contributed by atoms with Crippen molar-refractivity contribution in [3.8, 4) is 0 Å². The molecule has 1 aliphatic rings. The number of carbonyl (C=O) groups excluding carboxylic acids is 3. The fourth-order valence-electron chi connectivity index (χ4n) is 4.65. The third-order valence-electron chi connectivity index (χ3n) is 5.74. The van der Waals surface area contributed by atoms with Crippen LogP contribution in [0.2, 0.25) is 0 Å². The zero-order valence-electron chi connectivity index (χ0n) is 19.3. The Morgan fingerprint density at radius 1 is 1.00 bits per heavy atom. The summed E-state index contributed by atoms with van der Waals surface area (Å²) in [6.45, 7) is 9.39. The number of hydrogen-bond acceptors (Lipinski definition) is 6. The third kappa shape index (κ3) is 11.5. The van der Waals surface area contributed by atoms with Gasteiger partial charge in [-0.1, -0.05) is 20.8 Å². The van der Waals surface area contributed by atoms with Gasteiger partial charge in [-0.05, 0) is 49.9 Å². The van der Waals surface area contributed by atoms with E-state index in [4.69, 9.17) is 9.47 Å². The molecule has 2 N–H and O–H groups in total. The Morgan fingerprint density at radius 2 is 1.63 bits per heavy atom. The zero-order valence-corrected chi connectivity index (χ0v) is 19.3. The minimum atomic E-state index is -0.569. The molecule has 30 heavy (non-hydrogen) atoms. The Kier molecular flexibility index (Phi) is 12.0. The molecule has 0 saturated heterocycles. The number of esters is 2. The van der Waals surface area contributed by atoms with Gasteiger partial charge in [0.1, 0.15) is 12.2 Å². The molecule has 1 fully saturated rings. The highest BCUT2D eigenvalue weighted by molar-refractivity contribution is 5.74. The van der Waals surface area contributed by atoms with Crippen LogP contribution in [0.5, 0.6) is 0 Å². The molecule has 174 valence electrons. The molecular weight excluding hydrogens is 386 g/mol. The number of aliphatic hydroxyl groups is 1. The van der Waals surface area contributed by atoms with E-state index in [1.54, 1.807) is 0 Å². The van der Waals surface area contributed by atoms with E-state index in [0.29, 0.717) is 37.0 Å². The first-order valence-electron chi connectivity index (χ1n) is 11.4. The van der Waals surface area contributed by atoms with Crippen LogP contribution in [0.3, 0.4) is 0 Å². The third-order valence-corrected chi connectivity index (χ3v) is 5.74. The topological polar surface area (TPSA) is 102 Å². The fraction of sp³-hybridized carbons (Fsp3) is 0.870. The molecule has 1 amide bonds.